The van der Waals surface area contributed by atoms with Crippen LogP contribution < -0.4 is 0 Å². The van der Waals surface area contributed by atoms with Crippen LogP contribution in [-0.2, 0) is 30.6 Å². The molecule has 1 saturated heterocycles. The molecule has 1 heterocycles. The van der Waals surface area contributed by atoms with Crippen molar-refractivity contribution in [2.75, 3.05) is 23.0 Å². The Labute approximate surface area is 173 Å². The van der Waals surface area contributed by atoms with Gasteiger partial charge in [0.05, 0.1) is 15.9 Å². The Morgan fingerprint density at radius 2 is 1.86 bits per heavy atom. The average Bonchev–Trinajstić information content (AvgIpc) is 3.20. The number of carbonyl (C=O) groups excluding carboxylic acids is 2. The quantitative estimate of drug-likeness (QED) is 0.333. The van der Waals surface area contributed by atoms with Gasteiger partial charge in [0, 0.05) is 18.3 Å². The first-order chi connectivity index (χ1) is 13.0. The van der Waals surface area contributed by atoms with Gasteiger partial charge in [-0.05, 0) is 54.3 Å². The topological polar surface area (TPSA) is 91.3 Å². The van der Waals surface area contributed by atoms with Crippen LogP contribution in [0, 0.1) is 16.7 Å². The lowest BCUT2D eigenvalue weighted by molar-refractivity contribution is -0.128. The molecule has 0 spiro atoms. The molecule has 2 atom stereocenters. The van der Waals surface area contributed by atoms with Crippen molar-refractivity contribution in [2.24, 2.45) is 16.7 Å². The van der Waals surface area contributed by atoms with E-state index in [4.69, 9.17) is 0 Å². The van der Waals surface area contributed by atoms with Crippen molar-refractivity contribution >= 4 is 32.6 Å². The fourth-order valence-corrected chi connectivity index (χ4v) is 8.74. The summed E-state index contributed by atoms with van der Waals surface area (Å²) in [5.41, 5.74) is -1.22. The summed E-state index contributed by atoms with van der Waals surface area (Å²) in [5.74, 6) is 3.82. The predicted octanol–water partition coefficient (Wildman–Crippen LogP) is 3.47. The van der Waals surface area contributed by atoms with Gasteiger partial charge in [-0.25, -0.2) is 8.42 Å². The zero-order valence-electron chi connectivity index (χ0n) is 17.6. The van der Waals surface area contributed by atoms with Crippen LogP contribution in [0.25, 0.3) is 0 Å². The number of unbranched alkanes of at least 4 members (excludes halogenated alkanes) is 2. The summed E-state index contributed by atoms with van der Waals surface area (Å²) in [7, 11) is -3.84. The van der Waals surface area contributed by atoms with Crippen molar-refractivity contribution in [3.8, 4) is 0 Å². The number of ketones is 2. The first-order valence-corrected chi connectivity index (χ1v) is 14.0. The standard InChI is InChI=1S/C11H21OS.C10H16O4S/c1-2-3-4-7-11(12)10-13-8-5-6-9-13;1-9(2)7-3-4-10(9,8(11)5-7)6-15(12,13)14/h2-10H2,1H3;7H,3-6H2,1-2H3,(H,12,13,14)/q+1;/p-1. The van der Waals surface area contributed by atoms with Gasteiger partial charge in [0.2, 0.25) is 0 Å². The van der Waals surface area contributed by atoms with Crippen LogP contribution in [0.15, 0.2) is 0 Å². The third-order valence-corrected chi connectivity index (χ3v) is 10.4. The van der Waals surface area contributed by atoms with E-state index in [0.29, 0.717) is 29.5 Å². The lowest BCUT2D eigenvalue weighted by atomic mass is 9.70. The van der Waals surface area contributed by atoms with Gasteiger partial charge in [-0.1, -0.05) is 33.6 Å². The van der Waals surface area contributed by atoms with Crippen molar-refractivity contribution < 1.29 is 22.6 Å². The summed E-state index contributed by atoms with van der Waals surface area (Å²) in [4.78, 5) is 23.3. The molecule has 162 valence electrons. The monoisotopic (exact) mass is 432 g/mol. The summed E-state index contributed by atoms with van der Waals surface area (Å²) >= 11 is 0. The molecule has 7 heteroatoms. The Morgan fingerprint density at radius 1 is 1.21 bits per heavy atom. The summed E-state index contributed by atoms with van der Waals surface area (Å²) in [5, 5.41) is 0. The zero-order valence-corrected chi connectivity index (χ0v) is 19.3. The molecular weight excluding hydrogens is 396 g/mol. The molecule has 1 aliphatic heterocycles. The number of rotatable bonds is 8. The normalized spacial score (nSPS) is 29.0. The summed E-state index contributed by atoms with van der Waals surface area (Å²) in [6.45, 7) is 6.02. The molecule has 3 aliphatic rings. The maximum atomic E-state index is 11.8. The van der Waals surface area contributed by atoms with Crippen LogP contribution in [0.5, 0.6) is 0 Å². The number of carbonyl (C=O) groups is 2. The number of hydrogen-bond donors (Lipinski definition) is 0. The van der Waals surface area contributed by atoms with Crippen LogP contribution in [0.4, 0.5) is 0 Å². The number of Topliss-reactive ketones (excluding diaryl/α,β-unsaturated/α-hetero) is 2. The molecule has 2 bridgehead atoms. The third kappa shape index (κ3) is 5.60. The van der Waals surface area contributed by atoms with E-state index >= 15 is 0 Å². The van der Waals surface area contributed by atoms with E-state index in [0.717, 1.165) is 25.0 Å². The molecule has 0 aromatic rings. The highest BCUT2D eigenvalue weighted by molar-refractivity contribution is 7.97. The lowest BCUT2D eigenvalue weighted by Gasteiger charge is -2.37. The Balaban J connectivity index is 0.000000203. The van der Waals surface area contributed by atoms with Crippen LogP contribution in [0.1, 0.15) is 78.6 Å². The largest absolute Gasteiger partial charge is 0.748 e. The van der Waals surface area contributed by atoms with Crippen LogP contribution in [0.3, 0.4) is 0 Å². The van der Waals surface area contributed by atoms with Crippen molar-refractivity contribution in [1.29, 1.82) is 0 Å². The molecular formula is C21H36O5S2. The molecule has 0 aromatic heterocycles. The van der Waals surface area contributed by atoms with Gasteiger partial charge in [-0.3, -0.25) is 9.59 Å². The van der Waals surface area contributed by atoms with E-state index in [-0.39, 0.29) is 17.1 Å². The molecule has 28 heavy (non-hydrogen) atoms. The van der Waals surface area contributed by atoms with E-state index in [1.165, 1.54) is 37.2 Å². The molecule has 2 saturated carbocycles. The van der Waals surface area contributed by atoms with Gasteiger partial charge in [0.25, 0.3) is 0 Å². The Kier molecular flexibility index (Phi) is 8.19. The lowest BCUT2D eigenvalue weighted by Crippen LogP contribution is -2.42. The molecule has 0 amide bonds. The van der Waals surface area contributed by atoms with Crippen LogP contribution >= 0.6 is 0 Å². The van der Waals surface area contributed by atoms with Gasteiger partial charge in [-0.2, -0.15) is 0 Å². The molecule has 2 unspecified atom stereocenters. The SMILES string of the molecule is CC1(C)C2CCC1(CS(=O)(=O)[O-])C(=O)C2.CCCCCC(=O)C[S+]1CCCC1. The Morgan fingerprint density at radius 3 is 2.32 bits per heavy atom. The van der Waals surface area contributed by atoms with E-state index in [1.807, 2.05) is 13.8 Å². The minimum absolute atomic E-state index is 0.0248. The molecule has 3 rings (SSSR count). The molecule has 0 aromatic carbocycles. The highest BCUT2D eigenvalue weighted by atomic mass is 32.2. The van der Waals surface area contributed by atoms with Gasteiger partial charge in [0.1, 0.15) is 17.3 Å². The van der Waals surface area contributed by atoms with Gasteiger partial charge < -0.3 is 4.55 Å². The van der Waals surface area contributed by atoms with Crippen molar-refractivity contribution in [1.82, 2.24) is 0 Å². The highest BCUT2D eigenvalue weighted by Gasteiger charge is 2.64. The molecule has 5 nitrogen and oxygen atoms in total. The second-order valence-corrected chi connectivity index (χ2v) is 13.0. The first-order valence-electron chi connectivity index (χ1n) is 10.6. The fraction of sp³-hybridized carbons (Fsp3) is 0.905. The number of hydrogen-bond acceptors (Lipinski definition) is 5. The molecule has 0 radical (unpaired) electrons. The second-order valence-electron chi connectivity index (χ2n) is 9.24. The molecule has 2 aliphatic carbocycles. The fourth-order valence-electron chi connectivity index (χ4n) is 5.14. The predicted molar refractivity (Wildman–Crippen MR) is 113 cm³/mol. The number of fused-ring (bicyclic) bond motifs is 2. The highest BCUT2D eigenvalue weighted by Crippen LogP contribution is 2.64. The van der Waals surface area contributed by atoms with E-state index in [9.17, 15) is 22.6 Å². The minimum atomic E-state index is -4.33. The smallest absolute Gasteiger partial charge is 0.181 e. The molecule has 0 N–H and O–H groups in total. The van der Waals surface area contributed by atoms with E-state index in [1.54, 1.807) is 0 Å². The van der Waals surface area contributed by atoms with Gasteiger partial charge in [-0.15, -0.1) is 0 Å². The zero-order chi connectivity index (χ0) is 21.0. The summed E-state index contributed by atoms with van der Waals surface area (Å²) in [6, 6.07) is 0. The van der Waals surface area contributed by atoms with Gasteiger partial charge in [0.15, 0.2) is 11.5 Å². The second kappa shape index (κ2) is 9.61. The molecule has 3 fully saturated rings. The van der Waals surface area contributed by atoms with Crippen LogP contribution in [-0.4, -0.2) is 47.5 Å². The van der Waals surface area contributed by atoms with Gasteiger partial charge >= 0.3 is 0 Å². The third-order valence-electron chi connectivity index (χ3n) is 7.10. The Bertz CT molecular complexity index is 664. The maximum absolute atomic E-state index is 11.8. The van der Waals surface area contributed by atoms with Crippen molar-refractivity contribution in [2.45, 2.75) is 78.6 Å². The van der Waals surface area contributed by atoms with Crippen LogP contribution in [0.2, 0.25) is 0 Å². The Hall–Kier alpha value is -0.400. The maximum Gasteiger partial charge on any atom is 0.181 e. The average molecular weight is 433 g/mol. The summed E-state index contributed by atoms with van der Waals surface area (Å²) < 4.78 is 32.7. The minimum Gasteiger partial charge on any atom is -0.748 e. The first kappa shape index (κ1) is 23.9. The van der Waals surface area contributed by atoms with Crippen molar-refractivity contribution in [3.63, 3.8) is 0 Å². The van der Waals surface area contributed by atoms with E-state index in [2.05, 4.69) is 6.92 Å². The van der Waals surface area contributed by atoms with E-state index < -0.39 is 21.3 Å². The summed E-state index contributed by atoms with van der Waals surface area (Å²) in [6.07, 6.45) is 9.01. The van der Waals surface area contributed by atoms with Crippen molar-refractivity contribution in [3.05, 3.63) is 0 Å².